The van der Waals surface area contributed by atoms with Crippen LogP contribution >= 0.6 is 39.0 Å². The molecule has 1 aliphatic carbocycles. The molecule has 0 radical (unpaired) electrons. The Balaban J connectivity index is 1.67. The van der Waals surface area contributed by atoms with Crippen LogP contribution in [0.25, 0.3) is 0 Å². The number of hydrogen-bond donors (Lipinski definition) is 1. The van der Waals surface area contributed by atoms with Gasteiger partial charge >= 0.3 is 0 Å². The highest BCUT2D eigenvalue weighted by atomic mass is 79.9. The molecule has 0 bridgehead atoms. The zero-order valence-electron chi connectivity index (χ0n) is 11.5. The quantitative estimate of drug-likeness (QED) is 0.616. The monoisotopic (exact) mass is 373 g/mol. The van der Waals surface area contributed by atoms with E-state index in [0.717, 1.165) is 23.5 Å². The van der Waals surface area contributed by atoms with Crippen molar-refractivity contribution in [2.24, 2.45) is 0 Å². The van der Waals surface area contributed by atoms with E-state index in [1.54, 1.807) is 11.3 Å². The van der Waals surface area contributed by atoms with E-state index in [4.69, 9.17) is 0 Å². The second-order valence-electron chi connectivity index (χ2n) is 5.60. The van der Waals surface area contributed by atoms with Crippen LogP contribution in [0.2, 0.25) is 0 Å². The molecule has 20 heavy (non-hydrogen) atoms. The minimum Gasteiger partial charge on any atom is -0.347 e. The van der Waals surface area contributed by atoms with Gasteiger partial charge in [0.25, 0.3) is 5.91 Å². The molecule has 5 heteroatoms. The average Bonchev–Trinajstić information content (AvgIpc) is 2.79. The molecule has 1 N–H and O–H groups in total. The van der Waals surface area contributed by atoms with Crippen molar-refractivity contribution in [3.63, 3.8) is 0 Å². The van der Waals surface area contributed by atoms with Crippen LogP contribution in [0.4, 0.5) is 0 Å². The topological polar surface area (TPSA) is 29.1 Å². The Morgan fingerprint density at radius 1 is 1.30 bits per heavy atom. The zero-order chi connectivity index (χ0) is 13.9. The lowest BCUT2D eigenvalue weighted by Crippen LogP contribution is -2.40. The first-order chi connectivity index (χ1) is 9.74. The molecule has 2 nitrogen and oxygen atoms in total. The first kappa shape index (κ1) is 14.9. The fourth-order valence-electron chi connectivity index (χ4n) is 2.92. The van der Waals surface area contributed by atoms with E-state index in [-0.39, 0.29) is 5.91 Å². The largest absolute Gasteiger partial charge is 0.347 e. The van der Waals surface area contributed by atoms with Gasteiger partial charge in [0.15, 0.2) is 0 Å². The standard InChI is InChI=1S/C15H20BrNOS2/c16-11-4-2-1-3-5-12(11)17-15(18)14-8-10-9-19-7-6-13(10)20-14/h8,11-12H,1-7,9H2,(H,17,18). The van der Waals surface area contributed by atoms with Crippen LogP contribution in [-0.2, 0) is 12.2 Å². The second-order valence-corrected chi connectivity index (χ2v) is 9.01. The van der Waals surface area contributed by atoms with Gasteiger partial charge in [-0.1, -0.05) is 35.2 Å². The van der Waals surface area contributed by atoms with Crippen molar-refractivity contribution in [3.8, 4) is 0 Å². The first-order valence-corrected chi connectivity index (χ1v) is 10.3. The summed E-state index contributed by atoms with van der Waals surface area (Å²) in [6, 6.07) is 2.40. The van der Waals surface area contributed by atoms with Crippen LogP contribution in [0.5, 0.6) is 0 Å². The number of thiophene rings is 1. The summed E-state index contributed by atoms with van der Waals surface area (Å²) in [7, 11) is 0. The van der Waals surface area contributed by atoms with E-state index in [0.29, 0.717) is 10.9 Å². The summed E-state index contributed by atoms with van der Waals surface area (Å²) in [5, 5.41) is 3.25. The molecule has 0 saturated heterocycles. The molecule has 2 unspecified atom stereocenters. The SMILES string of the molecule is O=C(NC1CCCCCC1Br)c1cc2c(s1)CCSC2. The molecule has 1 fully saturated rings. The molecule has 0 aromatic carbocycles. The van der Waals surface area contributed by atoms with Crippen LogP contribution < -0.4 is 5.32 Å². The molecule has 1 aromatic rings. The van der Waals surface area contributed by atoms with Gasteiger partial charge in [0.1, 0.15) is 0 Å². The number of amides is 1. The van der Waals surface area contributed by atoms with Crippen molar-refractivity contribution < 1.29 is 4.79 Å². The predicted octanol–water partition coefficient (Wildman–Crippen LogP) is 4.36. The Hall–Kier alpha value is -0.000000000000000111. The third kappa shape index (κ3) is 3.42. The Kier molecular flexibility index (Phi) is 5.10. The van der Waals surface area contributed by atoms with E-state index < -0.39 is 0 Å². The molecule has 110 valence electrons. The molecule has 2 heterocycles. The van der Waals surface area contributed by atoms with E-state index in [2.05, 4.69) is 27.3 Å². The van der Waals surface area contributed by atoms with E-state index >= 15 is 0 Å². The molecule has 3 rings (SSSR count). The minimum atomic E-state index is 0.130. The highest BCUT2D eigenvalue weighted by Gasteiger charge is 2.25. The number of alkyl halides is 1. The Bertz CT molecular complexity index is 465. The number of halogens is 1. The maximum Gasteiger partial charge on any atom is 0.261 e. The second kappa shape index (κ2) is 6.84. The molecule has 1 amide bonds. The molecular formula is C15H20BrNOS2. The Morgan fingerprint density at radius 3 is 3.00 bits per heavy atom. The Labute approximate surface area is 137 Å². The van der Waals surface area contributed by atoms with Gasteiger partial charge in [-0.05, 0) is 36.6 Å². The molecule has 2 atom stereocenters. The van der Waals surface area contributed by atoms with Crippen LogP contribution in [-0.4, -0.2) is 22.5 Å². The first-order valence-electron chi connectivity index (χ1n) is 7.38. The fraction of sp³-hybridized carbons (Fsp3) is 0.667. The van der Waals surface area contributed by atoms with Crippen molar-refractivity contribution in [1.29, 1.82) is 0 Å². The van der Waals surface area contributed by atoms with Gasteiger partial charge in [-0.3, -0.25) is 4.79 Å². The van der Waals surface area contributed by atoms with Crippen molar-refractivity contribution >= 4 is 44.9 Å². The van der Waals surface area contributed by atoms with Gasteiger partial charge in [0.05, 0.1) is 4.88 Å². The number of nitrogens with one attached hydrogen (secondary N) is 1. The Morgan fingerprint density at radius 2 is 2.15 bits per heavy atom. The van der Waals surface area contributed by atoms with Gasteiger partial charge in [-0.15, -0.1) is 11.3 Å². The van der Waals surface area contributed by atoms with E-state index in [9.17, 15) is 4.79 Å². The molecule has 1 aromatic heterocycles. The molecule has 2 aliphatic rings. The van der Waals surface area contributed by atoms with Crippen LogP contribution in [0.1, 0.15) is 52.2 Å². The van der Waals surface area contributed by atoms with Crippen LogP contribution in [0.15, 0.2) is 6.07 Å². The fourth-order valence-corrected chi connectivity index (χ4v) is 5.92. The summed E-state index contributed by atoms with van der Waals surface area (Å²) in [4.78, 5) is 15.2. The average molecular weight is 374 g/mol. The van der Waals surface area contributed by atoms with Crippen molar-refractivity contribution in [3.05, 3.63) is 21.4 Å². The van der Waals surface area contributed by atoms with E-state index in [1.165, 1.54) is 41.9 Å². The summed E-state index contributed by atoms with van der Waals surface area (Å²) in [6.45, 7) is 0. The molecule has 1 saturated carbocycles. The van der Waals surface area contributed by atoms with Crippen LogP contribution in [0.3, 0.4) is 0 Å². The summed E-state index contributed by atoms with van der Waals surface area (Å²) in [5.41, 5.74) is 1.38. The number of fused-ring (bicyclic) bond motifs is 1. The zero-order valence-corrected chi connectivity index (χ0v) is 14.7. The minimum absolute atomic E-state index is 0.130. The van der Waals surface area contributed by atoms with Gasteiger partial charge < -0.3 is 5.32 Å². The van der Waals surface area contributed by atoms with Gasteiger partial charge in [-0.2, -0.15) is 11.8 Å². The summed E-state index contributed by atoms with van der Waals surface area (Å²) < 4.78 is 0. The van der Waals surface area contributed by atoms with E-state index in [1.807, 2.05) is 11.8 Å². The smallest absolute Gasteiger partial charge is 0.261 e. The molecular weight excluding hydrogens is 354 g/mol. The normalized spacial score (nSPS) is 26.6. The number of carbonyl (C=O) groups excluding carboxylic acids is 1. The van der Waals surface area contributed by atoms with Crippen molar-refractivity contribution in [2.75, 3.05) is 5.75 Å². The van der Waals surface area contributed by atoms with Gasteiger partial charge in [-0.25, -0.2) is 0 Å². The number of carbonyl (C=O) groups is 1. The number of rotatable bonds is 2. The maximum atomic E-state index is 12.5. The third-order valence-corrected chi connectivity index (χ3v) is 7.44. The molecule has 0 spiro atoms. The molecule has 1 aliphatic heterocycles. The van der Waals surface area contributed by atoms with Crippen molar-refractivity contribution in [1.82, 2.24) is 5.32 Å². The lowest BCUT2D eigenvalue weighted by atomic mass is 10.1. The van der Waals surface area contributed by atoms with Gasteiger partial charge in [0.2, 0.25) is 0 Å². The summed E-state index contributed by atoms with van der Waals surface area (Å²) >= 11 is 7.41. The summed E-state index contributed by atoms with van der Waals surface area (Å²) in [5.74, 6) is 2.40. The lowest BCUT2D eigenvalue weighted by molar-refractivity contribution is 0.0939. The summed E-state index contributed by atoms with van der Waals surface area (Å²) in [6.07, 6.45) is 7.18. The number of aryl methyl sites for hydroxylation is 1. The third-order valence-electron chi connectivity index (χ3n) is 4.10. The highest BCUT2D eigenvalue weighted by molar-refractivity contribution is 9.09. The number of thioether (sulfide) groups is 1. The maximum absolute atomic E-state index is 12.5. The number of hydrogen-bond acceptors (Lipinski definition) is 3. The van der Waals surface area contributed by atoms with Crippen molar-refractivity contribution in [2.45, 2.75) is 55.1 Å². The lowest BCUT2D eigenvalue weighted by Gasteiger charge is -2.21. The highest BCUT2D eigenvalue weighted by Crippen LogP contribution is 2.32. The predicted molar refractivity (Wildman–Crippen MR) is 91.2 cm³/mol. The van der Waals surface area contributed by atoms with Gasteiger partial charge in [0, 0.05) is 21.5 Å². The van der Waals surface area contributed by atoms with Crippen LogP contribution in [0, 0.1) is 0 Å².